The average Bonchev–Trinajstić information content (AvgIpc) is 3.10. The zero-order valence-electron chi connectivity index (χ0n) is 15.6. The number of carbonyl (C=O) groups is 1. The standard InChI is InChI=1S/C24H15Cl3N2O/c25-18-10-6-16(7-11-18)22(30)15-14-21-23(17-8-12-19(26)13-9-17)28-29(24(21)27)20-4-2-1-3-5-20/h1-15H/b15-14+. The molecule has 0 bridgehead atoms. The third kappa shape index (κ3) is 4.34. The van der Waals surface area contributed by atoms with E-state index in [0.717, 1.165) is 11.3 Å². The average molecular weight is 454 g/mol. The van der Waals surface area contributed by atoms with Crippen LogP contribution in [-0.2, 0) is 0 Å². The first-order valence-electron chi connectivity index (χ1n) is 9.11. The predicted octanol–water partition coefficient (Wildman–Crippen LogP) is 7.40. The molecule has 1 aromatic heterocycles. The topological polar surface area (TPSA) is 34.9 Å². The third-order valence-corrected chi connectivity index (χ3v) is 5.38. The fourth-order valence-corrected chi connectivity index (χ4v) is 3.53. The Morgan fingerprint density at radius 3 is 2.03 bits per heavy atom. The Labute approximate surface area is 189 Å². The van der Waals surface area contributed by atoms with E-state index in [2.05, 4.69) is 0 Å². The molecule has 3 nitrogen and oxygen atoms in total. The minimum absolute atomic E-state index is 0.155. The molecule has 0 unspecified atom stereocenters. The van der Waals surface area contributed by atoms with Gasteiger partial charge in [0.1, 0.15) is 10.8 Å². The molecule has 0 fully saturated rings. The highest BCUT2D eigenvalue weighted by Crippen LogP contribution is 2.32. The first-order valence-corrected chi connectivity index (χ1v) is 10.2. The molecular formula is C24H15Cl3N2O. The second-order valence-corrected chi connectivity index (χ2v) is 7.74. The highest BCUT2D eigenvalue weighted by atomic mass is 35.5. The molecule has 0 N–H and O–H groups in total. The number of ketones is 1. The van der Waals surface area contributed by atoms with Gasteiger partial charge in [-0.15, -0.1) is 0 Å². The molecule has 3 aromatic carbocycles. The summed E-state index contributed by atoms with van der Waals surface area (Å²) in [5, 5.41) is 6.32. The maximum atomic E-state index is 12.6. The maximum absolute atomic E-state index is 12.6. The summed E-state index contributed by atoms with van der Waals surface area (Å²) < 4.78 is 1.65. The summed E-state index contributed by atoms with van der Waals surface area (Å²) in [4.78, 5) is 12.6. The summed E-state index contributed by atoms with van der Waals surface area (Å²) in [6.07, 6.45) is 3.18. The van der Waals surface area contributed by atoms with E-state index in [0.29, 0.717) is 32.0 Å². The fraction of sp³-hybridized carbons (Fsp3) is 0. The summed E-state index contributed by atoms with van der Waals surface area (Å²) in [7, 11) is 0. The van der Waals surface area contributed by atoms with Gasteiger partial charge < -0.3 is 0 Å². The fourth-order valence-electron chi connectivity index (χ4n) is 2.99. The van der Waals surface area contributed by atoms with E-state index in [1.807, 2.05) is 42.5 Å². The van der Waals surface area contributed by atoms with Crippen LogP contribution in [0.25, 0.3) is 23.0 Å². The van der Waals surface area contributed by atoms with Crippen LogP contribution in [-0.4, -0.2) is 15.6 Å². The first kappa shape index (κ1) is 20.4. The van der Waals surface area contributed by atoms with Gasteiger partial charge >= 0.3 is 0 Å². The Kier molecular flexibility index (Phi) is 6.05. The van der Waals surface area contributed by atoms with Crippen LogP contribution in [0.15, 0.2) is 84.9 Å². The van der Waals surface area contributed by atoms with E-state index in [4.69, 9.17) is 39.9 Å². The molecule has 0 saturated heterocycles. The molecular weight excluding hydrogens is 439 g/mol. The molecule has 4 aromatic rings. The van der Waals surface area contributed by atoms with Gasteiger partial charge in [-0.3, -0.25) is 4.79 Å². The molecule has 0 saturated carbocycles. The highest BCUT2D eigenvalue weighted by Gasteiger charge is 2.17. The smallest absolute Gasteiger partial charge is 0.185 e. The molecule has 6 heteroatoms. The van der Waals surface area contributed by atoms with Crippen molar-refractivity contribution in [2.75, 3.05) is 0 Å². The third-order valence-electron chi connectivity index (χ3n) is 4.51. The van der Waals surface area contributed by atoms with E-state index in [-0.39, 0.29) is 5.78 Å². The molecule has 0 aliphatic heterocycles. The zero-order chi connectivity index (χ0) is 21.1. The lowest BCUT2D eigenvalue weighted by molar-refractivity contribution is 0.104. The minimum Gasteiger partial charge on any atom is -0.289 e. The lowest BCUT2D eigenvalue weighted by Crippen LogP contribution is -1.96. The number of hydrogen-bond donors (Lipinski definition) is 0. The maximum Gasteiger partial charge on any atom is 0.185 e. The largest absolute Gasteiger partial charge is 0.289 e. The van der Waals surface area contributed by atoms with Crippen LogP contribution < -0.4 is 0 Å². The van der Waals surface area contributed by atoms with Gasteiger partial charge in [-0.1, -0.05) is 65.1 Å². The van der Waals surface area contributed by atoms with Crippen molar-refractivity contribution in [1.82, 2.24) is 9.78 Å². The van der Waals surface area contributed by atoms with Crippen LogP contribution in [0.5, 0.6) is 0 Å². The Morgan fingerprint density at radius 1 is 0.800 bits per heavy atom. The number of hydrogen-bond acceptors (Lipinski definition) is 2. The highest BCUT2D eigenvalue weighted by molar-refractivity contribution is 6.32. The van der Waals surface area contributed by atoms with Gasteiger partial charge in [0.05, 0.1) is 5.69 Å². The summed E-state index contributed by atoms with van der Waals surface area (Å²) in [5.74, 6) is -0.155. The summed E-state index contributed by atoms with van der Waals surface area (Å²) >= 11 is 18.6. The van der Waals surface area contributed by atoms with Gasteiger partial charge in [0, 0.05) is 26.7 Å². The molecule has 0 radical (unpaired) electrons. The lowest BCUT2D eigenvalue weighted by Gasteiger charge is -2.02. The van der Waals surface area contributed by atoms with Crippen LogP contribution in [0.3, 0.4) is 0 Å². The Bertz CT molecular complexity index is 1210. The van der Waals surface area contributed by atoms with Crippen molar-refractivity contribution in [2.45, 2.75) is 0 Å². The van der Waals surface area contributed by atoms with Crippen molar-refractivity contribution in [1.29, 1.82) is 0 Å². The SMILES string of the molecule is O=C(/C=C/c1c(-c2ccc(Cl)cc2)nn(-c2ccccc2)c1Cl)c1ccc(Cl)cc1. The van der Waals surface area contributed by atoms with Gasteiger partial charge in [0.25, 0.3) is 0 Å². The van der Waals surface area contributed by atoms with Crippen molar-refractivity contribution in [2.24, 2.45) is 0 Å². The Hall–Kier alpha value is -2.85. The first-order chi connectivity index (χ1) is 14.5. The molecule has 0 amide bonds. The number of para-hydroxylation sites is 1. The van der Waals surface area contributed by atoms with Gasteiger partial charge in [0.2, 0.25) is 0 Å². The van der Waals surface area contributed by atoms with Gasteiger partial charge in [-0.25, -0.2) is 4.68 Å². The molecule has 0 atom stereocenters. The van der Waals surface area contributed by atoms with Crippen LogP contribution >= 0.6 is 34.8 Å². The minimum atomic E-state index is -0.155. The van der Waals surface area contributed by atoms with E-state index >= 15 is 0 Å². The number of nitrogens with zero attached hydrogens (tertiary/aromatic N) is 2. The van der Waals surface area contributed by atoms with Crippen molar-refractivity contribution in [3.8, 4) is 16.9 Å². The van der Waals surface area contributed by atoms with Crippen LogP contribution in [0.2, 0.25) is 15.2 Å². The van der Waals surface area contributed by atoms with Crippen molar-refractivity contribution in [3.63, 3.8) is 0 Å². The molecule has 148 valence electrons. The van der Waals surface area contributed by atoms with Gasteiger partial charge in [-0.05, 0) is 60.7 Å². The number of aromatic nitrogens is 2. The van der Waals surface area contributed by atoms with E-state index in [1.165, 1.54) is 6.08 Å². The Morgan fingerprint density at radius 2 is 1.40 bits per heavy atom. The summed E-state index contributed by atoms with van der Waals surface area (Å²) in [6, 6.07) is 23.6. The molecule has 0 spiro atoms. The molecule has 0 aliphatic rings. The van der Waals surface area contributed by atoms with Crippen molar-refractivity contribution < 1.29 is 4.79 Å². The van der Waals surface area contributed by atoms with Gasteiger partial charge in [-0.2, -0.15) is 5.10 Å². The molecule has 1 heterocycles. The Balaban J connectivity index is 1.78. The van der Waals surface area contributed by atoms with Gasteiger partial charge in [0.15, 0.2) is 5.78 Å². The summed E-state index contributed by atoms with van der Waals surface area (Å²) in [6.45, 7) is 0. The van der Waals surface area contributed by atoms with Crippen molar-refractivity contribution in [3.05, 3.63) is 111 Å². The van der Waals surface area contributed by atoms with E-state index in [9.17, 15) is 4.79 Å². The number of rotatable bonds is 5. The van der Waals surface area contributed by atoms with Crippen LogP contribution in [0, 0.1) is 0 Å². The lowest BCUT2D eigenvalue weighted by atomic mass is 10.1. The number of carbonyl (C=O) groups excluding carboxylic acids is 1. The van der Waals surface area contributed by atoms with Crippen LogP contribution in [0.4, 0.5) is 0 Å². The quantitative estimate of drug-likeness (QED) is 0.233. The second kappa shape index (κ2) is 8.88. The molecule has 4 rings (SSSR count). The predicted molar refractivity (Wildman–Crippen MR) is 124 cm³/mol. The zero-order valence-corrected chi connectivity index (χ0v) is 17.9. The molecule has 0 aliphatic carbocycles. The monoisotopic (exact) mass is 452 g/mol. The molecule has 30 heavy (non-hydrogen) atoms. The second-order valence-electron chi connectivity index (χ2n) is 6.51. The van der Waals surface area contributed by atoms with E-state index < -0.39 is 0 Å². The normalized spacial score (nSPS) is 11.2. The van der Waals surface area contributed by atoms with E-state index in [1.54, 1.807) is 47.2 Å². The summed E-state index contributed by atoms with van der Waals surface area (Å²) in [5.41, 5.74) is 3.50. The number of allylic oxidation sites excluding steroid dienone is 1. The number of halogens is 3. The van der Waals surface area contributed by atoms with Crippen LogP contribution in [0.1, 0.15) is 15.9 Å². The van der Waals surface area contributed by atoms with Crippen molar-refractivity contribution >= 4 is 46.7 Å². The number of benzene rings is 3.